The summed E-state index contributed by atoms with van der Waals surface area (Å²) >= 11 is 12.5. The van der Waals surface area contributed by atoms with Crippen molar-refractivity contribution in [2.75, 3.05) is 13.1 Å². The third kappa shape index (κ3) is 6.68. The van der Waals surface area contributed by atoms with Crippen LogP contribution in [0.5, 0.6) is 0 Å². The van der Waals surface area contributed by atoms with Crippen LogP contribution in [0.2, 0.25) is 10.0 Å². The summed E-state index contributed by atoms with van der Waals surface area (Å²) in [5, 5.41) is 9.81. The molecular weight excluding hydrogens is 604 g/mol. The number of rotatable bonds is 8. The van der Waals surface area contributed by atoms with E-state index >= 15 is 0 Å². The van der Waals surface area contributed by atoms with E-state index in [0.717, 1.165) is 44.7 Å². The smallest absolute Gasteiger partial charge is 0.413 e. The molecule has 1 heterocycles. The summed E-state index contributed by atoms with van der Waals surface area (Å²) in [4.78, 5) is 44.8. The Kier molecular flexibility index (Phi) is 9.34. The van der Waals surface area contributed by atoms with Crippen molar-refractivity contribution in [3.8, 4) is 0 Å². The van der Waals surface area contributed by atoms with Gasteiger partial charge in [-0.15, -0.1) is 0 Å². The first-order valence-corrected chi connectivity index (χ1v) is 15.9. The number of carboxylic acid groups (broad SMARTS) is 1. The van der Waals surface area contributed by atoms with Gasteiger partial charge in [-0.2, -0.15) is 13.2 Å². The number of hydrogen-bond donors (Lipinski definition) is 1. The van der Waals surface area contributed by atoms with Crippen LogP contribution in [0.25, 0.3) is 0 Å². The Bertz CT molecular complexity index is 1310. The molecule has 1 amide bonds. The van der Waals surface area contributed by atoms with Crippen molar-refractivity contribution in [1.82, 2.24) is 4.90 Å². The largest absolute Gasteiger partial charge is 0.481 e. The highest BCUT2D eigenvalue weighted by molar-refractivity contribution is 6.40. The molecule has 5 rings (SSSR count). The van der Waals surface area contributed by atoms with Gasteiger partial charge >= 0.3 is 12.1 Å². The van der Waals surface area contributed by atoms with Crippen molar-refractivity contribution in [3.05, 3.63) is 45.0 Å². The molecule has 6 nitrogen and oxygen atoms in total. The molecule has 0 bridgehead atoms. The molecular formula is C32H37Cl2F3N2O4. The summed E-state index contributed by atoms with van der Waals surface area (Å²) < 4.78 is 44.2. The second-order valence-corrected chi connectivity index (χ2v) is 13.8. The summed E-state index contributed by atoms with van der Waals surface area (Å²) in [6.07, 6.45) is 3.80. The Labute approximate surface area is 259 Å². The van der Waals surface area contributed by atoms with Gasteiger partial charge in [0.15, 0.2) is 5.78 Å². The number of ketones is 1. The van der Waals surface area contributed by atoms with Crippen LogP contribution in [-0.2, 0) is 9.59 Å². The van der Waals surface area contributed by atoms with Gasteiger partial charge in [0, 0.05) is 18.7 Å². The molecule has 1 N–H and O–H groups in total. The van der Waals surface area contributed by atoms with Gasteiger partial charge in [0.25, 0.3) is 5.91 Å². The number of aliphatic carboxylic acids is 1. The standard InChI is InChI=1S/C32H37Cl2F3N2O4/c1-31(30(42)43)13-11-19(12-14-31)24-26-27(32(35,36)37)20(15-38-28(24)26)29(41)39(16-18-7-4-2-3-5-8-18)17-23(40)25-21(33)9-6-10-22(25)34/h6,9-10,15,18-19,24,26,28H,2-5,7-8,11-14,16-17H2,1H3,(H,42,43)/t19?,24-,26?,28?,31?/m1/s1. The monoisotopic (exact) mass is 640 g/mol. The summed E-state index contributed by atoms with van der Waals surface area (Å²) in [5.41, 5.74) is -2.21. The molecule has 3 atom stereocenters. The van der Waals surface area contributed by atoms with Crippen LogP contribution in [0.1, 0.15) is 81.5 Å². The number of halogens is 5. The third-order valence-electron chi connectivity index (χ3n) is 10.1. The van der Waals surface area contributed by atoms with Crippen molar-refractivity contribution >= 4 is 47.1 Å². The van der Waals surface area contributed by atoms with Crippen LogP contribution in [0, 0.1) is 29.1 Å². The van der Waals surface area contributed by atoms with Gasteiger partial charge in [0.05, 0.1) is 44.8 Å². The number of amides is 1. The first-order chi connectivity index (χ1) is 20.3. The zero-order valence-corrected chi connectivity index (χ0v) is 25.6. The maximum Gasteiger partial charge on any atom is 0.413 e. The summed E-state index contributed by atoms with van der Waals surface area (Å²) in [5.74, 6) is -3.66. The van der Waals surface area contributed by atoms with Gasteiger partial charge in [-0.05, 0) is 75.3 Å². The van der Waals surface area contributed by atoms with Crippen molar-refractivity contribution in [1.29, 1.82) is 0 Å². The molecule has 234 valence electrons. The molecule has 0 saturated heterocycles. The first-order valence-electron chi connectivity index (χ1n) is 15.2. The fourth-order valence-electron chi connectivity index (χ4n) is 7.51. The fourth-order valence-corrected chi connectivity index (χ4v) is 8.12. The molecule has 0 spiro atoms. The number of benzene rings is 1. The Balaban J connectivity index is 1.43. The van der Waals surface area contributed by atoms with E-state index in [1.165, 1.54) is 17.0 Å². The quantitative estimate of drug-likeness (QED) is 0.232. The fraction of sp³-hybridized carbons (Fsp3) is 0.625. The van der Waals surface area contributed by atoms with Gasteiger partial charge in [-0.3, -0.25) is 19.4 Å². The Morgan fingerprint density at radius 2 is 1.63 bits per heavy atom. The van der Waals surface area contributed by atoms with E-state index in [2.05, 4.69) is 4.99 Å². The molecule has 2 unspecified atom stereocenters. The number of dihydropyridines is 1. The number of carbonyl (C=O) groups excluding carboxylic acids is 2. The molecule has 43 heavy (non-hydrogen) atoms. The van der Waals surface area contributed by atoms with E-state index in [0.29, 0.717) is 25.7 Å². The highest BCUT2D eigenvalue weighted by Gasteiger charge is 2.64. The van der Waals surface area contributed by atoms with E-state index in [-0.39, 0.29) is 34.0 Å². The van der Waals surface area contributed by atoms with Crippen LogP contribution in [0.4, 0.5) is 13.2 Å². The van der Waals surface area contributed by atoms with E-state index in [9.17, 15) is 32.7 Å². The number of aliphatic imine (C=N–C) groups is 1. The number of alkyl halides is 3. The molecule has 1 aromatic carbocycles. The third-order valence-corrected chi connectivity index (χ3v) is 10.7. The summed E-state index contributed by atoms with van der Waals surface area (Å²) in [7, 11) is 0. The van der Waals surface area contributed by atoms with E-state index in [4.69, 9.17) is 23.2 Å². The maximum absolute atomic E-state index is 14.7. The number of carbonyl (C=O) groups is 3. The summed E-state index contributed by atoms with van der Waals surface area (Å²) in [6, 6.07) is 4.03. The van der Waals surface area contributed by atoms with Crippen molar-refractivity contribution in [2.24, 2.45) is 34.1 Å². The lowest BCUT2D eigenvalue weighted by atomic mass is 9.70. The van der Waals surface area contributed by atoms with E-state index in [1.54, 1.807) is 13.0 Å². The Hall–Kier alpha value is -2.39. The molecule has 4 aliphatic rings. The SMILES string of the molecule is CC1(C(=O)O)CCC([C@H]2C3N=CC(C(=O)N(CC(=O)c4c(Cl)cccc4Cl)CC4CCCCCC4)=C(C(F)(F)F)C32)CC1. The molecule has 0 aromatic heterocycles. The first kappa shape index (κ1) is 32.0. The van der Waals surface area contributed by atoms with Crippen molar-refractivity contribution in [3.63, 3.8) is 0 Å². The minimum Gasteiger partial charge on any atom is -0.481 e. The maximum atomic E-state index is 14.7. The lowest BCUT2D eigenvalue weighted by molar-refractivity contribution is -0.150. The number of hydrogen-bond acceptors (Lipinski definition) is 4. The van der Waals surface area contributed by atoms with E-state index < -0.39 is 64.8 Å². The predicted octanol–water partition coefficient (Wildman–Crippen LogP) is 7.81. The van der Waals surface area contributed by atoms with Gasteiger partial charge in [0.1, 0.15) is 0 Å². The molecule has 1 aliphatic heterocycles. The normalized spacial score (nSPS) is 29.5. The van der Waals surface area contributed by atoms with E-state index in [1.807, 2.05) is 0 Å². The van der Waals surface area contributed by atoms with Gasteiger partial charge in [0.2, 0.25) is 0 Å². The zero-order valence-electron chi connectivity index (χ0n) is 24.1. The highest BCUT2D eigenvalue weighted by Crippen LogP contribution is 2.61. The number of fused-ring (bicyclic) bond motifs is 1. The van der Waals surface area contributed by atoms with Crippen molar-refractivity contribution in [2.45, 2.75) is 83.4 Å². The second kappa shape index (κ2) is 12.5. The molecule has 1 aromatic rings. The molecule has 11 heteroatoms. The van der Waals surface area contributed by atoms with Crippen LogP contribution in [0.3, 0.4) is 0 Å². The number of nitrogens with zero attached hydrogens (tertiary/aromatic N) is 2. The van der Waals surface area contributed by atoms with Gasteiger partial charge in [-0.1, -0.05) is 55.0 Å². The highest BCUT2D eigenvalue weighted by atomic mass is 35.5. The molecule has 0 radical (unpaired) electrons. The Morgan fingerprint density at radius 3 is 2.19 bits per heavy atom. The number of Topliss-reactive ketones (excluding diaryl/α,β-unsaturated/α-hetero) is 1. The summed E-state index contributed by atoms with van der Waals surface area (Å²) in [6.45, 7) is 1.39. The minimum absolute atomic E-state index is 0.0415. The van der Waals surface area contributed by atoms with Gasteiger partial charge < -0.3 is 10.0 Å². The topological polar surface area (TPSA) is 87.0 Å². The lowest BCUT2D eigenvalue weighted by Gasteiger charge is -2.34. The molecule has 3 fully saturated rings. The zero-order chi connectivity index (χ0) is 31.1. The predicted molar refractivity (Wildman–Crippen MR) is 159 cm³/mol. The van der Waals surface area contributed by atoms with Crippen molar-refractivity contribution < 1.29 is 32.7 Å². The van der Waals surface area contributed by atoms with Gasteiger partial charge in [-0.25, -0.2) is 0 Å². The van der Waals surface area contributed by atoms with Crippen LogP contribution in [0.15, 0.2) is 34.3 Å². The Morgan fingerprint density at radius 1 is 1.02 bits per heavy atom. The average molecular weight is 642 g/mol. The lowest BCUT2D eigenvalue weighted by Crippen LogP contribution is -2.42. The van der Waals surface area contributed by atoms with Crippen LogP contribution < -0.4 is 0 Å². The molecule has 3 aliphatic carbocycles. The molecule has 3 saturated carbocycles. The number of carboxylic acids is 1. The average Bonchev–Trinajstić information content (AvgIpc) is 3.71. The second-order valence-electron chi connectivity index (χ2n) is 13.0. The minimum atomic E-state index is -4.76. The van der Waals surface area contributed by atoms with Crippen LogP contribution in [-0.4, -0.2) is 59.2 Å². The van der Waals surface area contributed by atoms with Crippen LogP contribution >= 0.6 is 23.2 Å².